The van der Waals surface area contributed by atoms with Crippen LogP contribution in [0.4, 0.5) is 0 Å². The molecule has 1 unspecified atom stereocenters. The first-order valence-corrected chi connectivity index (χ1v) is 7.78. The minimum absolute atomic E-state index is 0.448. The zero-order valence-electron chi connectivity index (χ0n) is 11.1. The summed E-state index contributed by atoms with van der Waals surface area (Å²) in [5.74, 6) is 0. The van der Waals surface area contributed by atoms with Crippen molar-refractivity contribution in [3.63, 3.8) is 0 Å². The number of nitriles is 1. The van der Waals surface area contributed by atoms with E-state index in [1.54, 1.807) is 0 Å². The van der Waals surface area contributed by atoms with Gasteiger partial charge in [0, 0.05) is 14.1 Å². The fourth-order valence-electron chi connectivity index (χ4n) is 1.64. The maximum atomic E-state index is 11.7. The lowest BCUT2D eigenvalue weighted by atomic mass is 10.1. The van der Waals surface area contributed by atoms with E-state index in [1.165, 1.54) is 33.4 Å². The lowest BCUT2D eigenvalue weighted by Crippen LogP contribution is -2.32. The van der Waals surface area contributed by atoms with Crippen LogP contribution in [0.1, 0.15) is 51.9 Å². The molecule has 0 aliphatic heterocycles. The molecule has 0 spiro atoms. The molecule has 0 aromatic rings. The van der Waals surface area contributed by atoms with Gasteiger partial charge >= 0.3 is 0 Å². The predicted octanol–water partition coefficient (Wildman–Crippen LogP) is 2.52. The fourth-order valence-corrected chi connectivity index (χ4v) is 2.75. The standard InChI is InChI=1S/C12H24N2O2S/c1-4-5-6-7-8-9-10-12(11-13)17(15,16)14(2)3/h12H,4-10H2,1-3H3. The van der Waals surface area contributed by atoms with Crippen molar-refractivity contribution in [3.8, 4) is 6.07 Å². The van der Waals surface area contributed by atoms with Crippen molar-refractivity contribution in [2.45, 2.75) is 57.1 Å². The van der Waals surface area contributed by atoms with E-state index in [0.717, 1.165) is 23.6 Å². The highest BCUT2D eigenvalue weighted by Gasteiger charge is 2.26. The summed E-state index contributed by atoms with van der Waals surface area (Å²) < 4.78 is 24.6. The average molecular weight is 260 g/mol. The van der Waals surface area contributed by atoms with Gasteiger partial charge in [-0.2, -0.15) is 5.26 Å². The number of unbranched alkanes of at least 4 members (excludes halogenated alkanes) is 5. The van der Waals surface area contributed by atoms with Gasteiger partial charge in [0.05, 0.1) is 6.07 Å². The molecule has 0 bridgehead atoms. The van der Waals surface area contributed by atoms with E-state index in [9.17, 15) is 8.42 Å². The van der Waals surface area contributed by atoms with Crippen LogP contribution in [0, 0.1) is 11.3 Å². The number of hydrogen-bond acceptors (Lipinski definition) is 3. The lowest BCUT2D eigenvalue weighted by molar-refractivity contribution is 0.504. The Balaban J connectivity index is 3.97. The molecule has 0 radical (unpaired) electrons. The topological polar surface area (TPSA) is 61.2 Å². The first kappa shape index (κ1) is 16.4. The molecule has 0 saturated carbocycles. The average Bonchev–Trinajstić information content (AvgIpc) is 2.27. The van der Waals surface area contributed by atoms with Crippen LogP contribution in [0.15, 0.2) is 0 Å². The highest BCUT2D eigenvalue weighted by Crippen LogP contribution is 2.14. The Morgan fingerprint density at radius 1 is 1.12 bits per heavy atom. The van der Waals surface area contributed by atoms with Gasteiger partial charge in [-0.05, 0) is 6.42 Å². The molecule has 0 amide bonds. The Bertz CT molecular complexity index is 331. The van der Waals surface area contributed by atoms with E-state index in [1.807, 2.05) is 6.07 Å². The van der Waals surface area contributed by atoms with Crippen molar-refractivity contribution in [1.82, 2.24) is 4.31 Å². The summed E-state index contributed by atoms with van der Waals surface area (Å²) in [6.45, 7) is 2.16. The molecule has 0 aromatic carbocycles. The molecule has 0 fully saturated rings. The van der Waals surface area contributed by atoms with Gasteiger partial charge in [-0.3, -0.25) is 0 Å². The second kappa shape index (κ2) is 8.48. The Labute approximate surface area is 106 Å². The summed E-state index contributed by atoms with van der Waals surface area (Å²) in [7, 11) is -0.468. The Hall–Kier alpha value is -0.600. The molecule has 0 aliphatic carbocycles. The largest absolute Gasteiger partial charge is 0.229 e. The third kappa shape index (κ3) is 6.04. The minimum Gasteiger partial charge on any atom is -0.211 e. The quantitative estimate of drug-likeness (QED) is 0.598. The van der Waals surface area contributed by atoms with Crippen molar-refractivity contribution >= 4 is 10.0 Å². The maximum absolute atomic E-state index is 11.7. The molecule has 0 N–H and O–H groups in total. The second-order valence-electron chi connectivity index (χ2n) is 4.50. The van der Waals surface area contributed by atoms with E-state index >= 15 is 0 Å². The molecule has 5 heteroatoms. The Morgan fingerprint density at radius 3 is 2.12 bits per heavy atom. The summed E-state index contributed by atoms with van der Waals surface area (Å²) in [6, 6.07) is 1.90. The molecule has 4 nitrogen and oxygen atoms in total. The SMILES string of the molecule is CCCCCCCCC(C#N)S(=O)(=O)N(C)C. The fraction of sp³-hybridized carbons (Fsp3) is 0.917. The third-order valence-corrected chi connectivity index (χ3v) is 4.91. The minimum atomic E-state index is -3.41. The van der Waals surface area contributed by atoms with Crippen LogP contribution in [0.25, 0.3) is 0 Å². The van der Waals surface area contributed by atoms with Gasteiger partial charge in [0.2, 0.25) is 10.0 Å². The van der Waals surface area contributed by atoms with Gasteiger partial charge < -0.3 is 0 Å². The summed E-state index contributed by atoms with van der Waals surface area (Å²) in [5.41, 5.74) is 0. The summed E-state index contributed by atoms with van der Waals surface area (Å²) in [4.78, 5) is 0. The smallest absolute Gasteiger partial charge is 0.211 e. The summed E-state index contributed by atoms with van der Waals surface area (Å²) in [5, 5.41) is 8.01. The molecule has 0 aromatic heterocycles. The van der Waals surface area contributed by atoms with Crippen molar-refractivity contribution < 1.29 is 8.42 Å². The van der Waals surface area contributed by atoms with Crippen molar-refractivity contribution in [1.29, 1.82) is 5.26 Å². The van der Waals surface area contributed by atoms with Crippen molar-refractivity contribution in [2.75, 3.05) is 14.1 Å². The second-order valence-corrected chi connectivity index (χ2v) is 6.83. The molecule has 17 heavy (non-hydrogen) atoms. The third-order valence-electron chi connectivity index (χ3n) is 2.83. The van der Waals surface area contributed by atoms with Gasteiger partial charge in [-0.1, -0.05) is 45.4 Å². The van der Waals surface area contributed by atoms with E-state index in [4.69, 9.17) is 5.26 Å². The highest BCUT2D eigenvalue weighted by molar-refractivity contribution is 7.89. The van der Waals surface area contributed by atoms with Gasteiger partial charge in [0.15, 0.2) is 5.25 Å². The van der Waals surface area contributed by atoms with Gasteiger partial charge in [0.25, 0.3) is 0 Å². The Morgan fingerprint density at radius 2 is 1.65 bits per heavy atom. The normalized spacial score (nSPS) is 13.6. The zero-order chi connectivity index (χ0) is 13.3. The van der Waals surface area contributed by atoms with Crippen LogP contribution < -0.4 is 0 Å². The predicted molar refractivity (Wildman–Crippen MR) is 70.0 cm³/mol. The van der Waals surface area contributed by atoms with Crippen molar-refractivity contribution in [3.05, 3.63) is 0 Å². The highest BCUT2D eigenvalue weighted by atomic mass is 32.2. The molecular weight excluding hydrogens is 236 g/mol. The van der Waals surface area contributed by atoms with E-state index < -0.39 is 15.3 Å². The van der Waals surface area contributed by atoms with Crippen molar-refractivity contribution in [2.24, 2.45) is 0 Å². The molecule has 0 heterocycles. The molecule has 100 valence electrons. The van der Waals surface area contributed by atoms with Crippen LogP contribution in [0.3, 0.4) is 0 Å². The summed E-state index contributed by atoms with van der Waals surface area (Å²) >= 11 is 0. The van der Waals surface area contributed by atoms with Crippen LogP contribution in [-0.2, 0) is 10.0 Å². The monoisotopic (exact) mass is 260 g/mol. The van der Waals surface area contributed by atoms with Gasteiger partial charge in [0.1, 0.15) is 0 Å². The first-order valence-electron chi connectivity index (χ1n) is 6.27. The molecule has 1 atom stereocenters. The van der Waals surface area contributed by atoms with Crippen LogP contribution in [0.2, 0.25) is 0 Å². The zero-order valence-corrected chi connectivity index (χ0v) is 12.0. The number of rotatable bonds is 9. The molecular formula is C12H24N2O2S. The van der Waals surface area contributed by atoms with E-state index in [2.05, 4.69) is 6.92 Å². The number of nitrogens with zero attached hydrogens (tertiary/aromatic N) is 2. The summed E-state index contributed by atoms with van der Waals surface area (Å²) in [6.07, 6.45) is 7.05. The van der Waals surface area contributed by atoms with Crippen LogP contribution in [0.5, 0.6) is 0 Å². The molecule has 0 saturated heterocycles. The van der Waals surface area contributed by atoms with Gasteiger partial charge in [-0.15, -0.1) is 0 Å². The van der Waals surface area contributed by atoms with Gasteiger partial charge in [-0.25, -0.2) is 12.7 Å². The molecule has 0 rings (SSSR count). The molecule has 0 aliphatic rings. The Kier molecular flexibility index (Phi) is 8.19. The number of sulfonamides is 1. The lowest BCUT2D eigenvalue weighted by Gasteiger charge is -2.15. The maximum Gasteiger partial charge on any atom is 0.229 e. The van der Waals surface area contributed by atoms with Crippen LogP contribution in [-0.4, -0.2) is 32.1 Å². The van der Waals surface area contributed by atoms with E-state index in [-0.39, 0.29) is 0 Å². The number of hydrogen-bond donors (Lipinski definition) is 0. The first-order chi connectivity index (χ1) is 7.96. The van der Waals surface area contributed by atoms with Crippen LogP contribution >= 0.6 is 0 Å². The van der Waals surface area contributed by atoms with E-state index in [0.29, 0.717) is 6.42 Å².